The fraction of sp³-hybridized carbons (Fsp3) is 0.314. The number of methoxy groups -OCH3 is 1. The summed E-state index contributed by atoms with van der Waals surface area (Å²) in [7, 11) is 1.73. The number of ether oxygens (including phenoxy) is 2. The third-order valence-electron chi connectivity index (χ3n) is 7.78. The van der Waals surface area contributed by atoms with Crippen LogP contribution in [0.3, 0.4) is 0 Å². The van der Waals surface area contributed by atoms with Crippen molar-refractivity contribution in [2.24, 2.45) is 0 Å². The van der Waals surface area contributed by atoms with Gasteiger partial charge in [-0.15, -0.1) is 0 Å². The molecule has 0 spiro atoms. The summed E-state index contributed by atoms with van der Waals surface area (Å²) in [6.45, 7) is 6.64. The van der Waals surface area contributed by atoms with Crippen molar-refractivity contribution in [3.05, 3.63) is 113 Å². The van der Waals surface area contributed by atoms with Gasteiger partial charge in [-0.05, 0) is 104 Å². The molecular weight excluding hydrogens is 496 g/mol. The molecule has 0 bridgehead atoms. The van der Waals surface area contributed by atoms with Crippen LogP contribution in [-0.2, 0) is 19.4 Å². The van der Waals surface area contributed by atoms with E-state index in [0.29, 0.717) is 24.3 Å². The summed E-state index contributed by atoms with van der Waals surface area (Å²) >= 11 is 0. The second-order valence-corrected chi connectivity index (χ2v) is 10.8. The third-order valence-corrected chi connectivity index (χ3v) is 7.78. The lowest BCUT2D eigenvalue weighted by Gasteiger charge is -2.35. The number of nitrogens with zero attached hydrogens (tertiary/aromatic N) is 1. The Morgan fingerprint density at radius 1 is 0.900 bits per heavy atom. The number of aryl methyl sites for hydroxylation is 1. The van der Waals surface area contributed by atoms with Gasteiger partial charge in [0.15, 0.2) is 0 Å². The predicted molar refractivity (Wildman–Crippen MR) is 164 cm³/mol. The third kappa shape index (κ3) is 6.71. The number of hydrogen-bond acceptors (Lipinski definition) is 5. The van der Waals surface area contributed by atoms with E-state index in [9.17, 15) is 5.11 Å². The van der Waals surface area contributed by atoms with Crippen LogP contribution in [0.2, 0.25) is 0 Å². The summed E-state index contributed by atoms with van der Waals surface area (Å²) < 4.78 is 11.6. The molecule has 4 aromatic rings. The maximum Gasteiger partial charge on any atom is 0.120 e. The van der Waals surface area contributed by atoms with Gasteiger partial charge in [0, 0.05) is 36.6 Å². The molecule has 0 radical (unpaired) electrons. The summed E-state index contributed by atoms with van der Waals surface area (Å²) in [4.78, 5) is 2.48. The van der Waals surface area contributed by atoms with E-state index in [-0.39, 0.29) is 0 Å². The molecule has 40 heavy (non-hydrogen) atoms. The Kier molecular flexibility index (Phi) is 8.80. The van der Waals surface area contributed by atoms with E-state index in [0.717, 1.165) is 49.5 Å². The highest BCUT2D eigenvalue weighted by Crippen LogP contribution is 2.40. The van der Waals surface area contributed by atoms with Crippen molar-refractivity contribution in [2.45, 2.75) is 51.6 Å². The van der Waals surface area contributed by atoms with E-state index in [1.807, 2.05) is 30.3 Å². The molecule has 0 amide bonds. The molecule has 4 aromatic carbocycles. The molecule has 0 fully saturated rings. The van der Waals surface area contributed by atoms with Crippen LogP contribution in [-0.4, -0.2) is 31.4 Å². The second-order valence-electron chi connectivity index (χ2n) is 10.8. The van der Waals surface area contributed by atoms with Gasteiger partial charge in [0.2, 0.25) is 0 Å². The standard InChI is InChI=1S/C35H40N2O3/c1-25(2)37(24-26-9-15-32(16-10-26)40-20-19-36-30-7-5-4-6-8-30)35-23-33(39-3)17-18-34(35)29-12-11-28-22-31(38)14-13-27(28)21-29/h4-10,13-18,22-23,25,29,36,38H,11-12,19-21,24H2,1-3H3. The first-order chi connectivity index (χ1) is 19.5. The maximum absolute atomic E-state index is 9.93. The van der Waals surface area contributed by atoms with E-state index in [2.05, 4.69) is 84.7 Å². The zero-order valence-corrected chi connectivity index (χ0v) is 23.8. The van der Waals surface area contributed by atoms with Crippen LogP contribution in [0.4, 0.5) is 11.4 Å². The van der Waals surface area contributed by atoms with Crippen molar-refractivity contribution in [3.8, 4) is 17.2 Å². The molecule has 0 aliphatic heterocycles. The van der Waals surface area contributed by atoms with Gasteiger partial charge >= 0.3 is 0 Å². The van der Waals surface area contributed by atoms with Crippen molar-refractivity contribution in [3.63, 3.8) is 0 Å². The molecule has 2 N–H and O–H groups in total. The Morgan fingerprint density at radius 2 is 1.68 bits per heavy atom. The zero-order chi connectivity index (χ0) is 27.9. The quantitative estimate of drug-likeness (QED) is 0.194. The van der Waals surface area contributed by atoms with Gasteiger partial charge in [-0.3, -0.25) is 0 Å². The first kappa shape index (κ1) is 27.4. The number of hydrogen-bond donors (Lipinski definition) is 2. The molecule has 1 aliphatic rings. The van der Waals surface area contributed by atoms with Crippen LogP contribution in [0.5, 0.6) is 17.2 Å². The number of nitrogens with one attached hydrogen (secondary N) is 1. The van der Waals surface area contributed by atoms with Gasteiger partial charge in [-0.2, -0.15) is 0 Å². The zero-order valence-electron chi connectivity index (χ0n) is 23.8. The fourth-order valence-electron chi connectivity index (χ4n) is 5.61. The van der Waals surface area contributed by atoms with Crippen LogP contribution < -0.4 is 19.7 Å². The molecule has 208 valence electrons. The SMILES string of the molecule is COc1ccc(C2CCc3cc(O)ccc3C2)c(N(Cc2ccc(OCCNc3ccccc3)cc2)C(C)C)c1. The number of phenols is 1. The number of phenolic OH excluding ortho intramolecular Hbond substituents is 1. The highest BCUT2D eigenvalue weighted by molar-refractivity contribution is 5.60. The predicted octanol–water partition coefficient (Wildman–Crippen LogP) is 7.58. The van der Waals surface area contributed by atoms with Gasteiger partial charge < -0.3 is 24.8 Å². The number of anilines is 2. The van der Waals surface area contributed by atoms with E-state index in [4.69, 9.17) is 9.47 Å². The van der Waals surface area contributed by atoms with Gasteiger partial charge in [0.25, 0.3) is 0 Å². The molecule has 0 aromatic heterocycles. The molecule has 5 rings (SSSR count). The van der Waals surface area contributed by atoms with E-state index < -0.39 is 0 Å². The second kappa shape index (κ2) is 12.8. The van der Waals surface area contributed by atoms with Crippen LogP contribution in [0, 0.1) is 0 Å². The molecule has 0 saturated carbocycles. The fourth-order valence-corrected chi connectivity index (χ4v) is 5.61. The highest BCUT2D eigenvalue weighted by atomic mass is 16.5. The van der Waals surface area contributed by atoms with Crippen molar-refractivity contribution in [2.75, 3.05) is 30.5 Å². The first-order valence-corrected chi connectivity index (χ1v) is 14.3. The monoisotopic (exact) mass is 536 g/mol. The Bertz CT molecular complexity index is 1390. The molecule has 5 heteroatoms. The summed E-state index contributed by atoms with van der Waals surface area (Å²) in [5, 5.41) is 13.3. The maximum atomic E-state index is 9.93. The van der Waals surface area contributed by atoms with Crippen molar-refractivity contribution < 1.29 is 14.6 Å². The van der Waals surface area contributed by atoms with Gasteiger partial charge in [0.05, 0.1) is 7.11 Å². The van der Waals surface area contributed by atoms with Crippen molar-refractivity contribution in [1.82, 2.24) is 0 Å². The topological polar surface area (TPSA) is 54.0 Å². The minimum atomic E-state index is 0.304. The highest BCUT2D eigenvalue weighted by Gasteiger charge is 2.26. The number of para-hydroxylation sites is 1. The largest absolute Gasteiger partial charge is 0.508 e. The molecule has 1 atom stereocenters. The van der Waals surface area contributed by atoms with Crippen LogP contribution in [0.25, 0.3) is 0 Å². The summed E-state index contributed by atoms with van der Waals surface area (Å²) in [5.41, 5.74) is 7.53. The average Bonchev–Trinajstić information content (AvgIpc) is 2.98. The van der Waals surface area contributed by atoms with E-state index >= 15 is 0 Å². The number of benzene rings is 4. The Balaban J connectivity index is 1.29. The summed E-state index contributed by atoms with van der Waals surface area (Å²) in [6.07, 6.45) is 3.02. The number of aromatic hydroxyl groups is 1. The van der Waals surface area contributed by atoms with Gasteiger partial charge in [-0.25, -0.2) is 0 Å². The van der Waals surface area contributed by atoms with E-state index in [1.54, 1.807) is 7.11 Å². The lowest BCUT2D eigenvalue weighted by molar-refractivity contribution is 0.333. The normalized spacial score (nSPS) is 14.4. The van der Waals surface area contributed by atoms with Crippen LogP contribution in [0.1, 0.15) is 48.4 Å². The molecule has 1 unspecified atom stereocenters. The molecule has 1 aliphatic carbocycles. The Labute approximate surface area is 238 Å². The summed E-state index contributed by atoms with van der Waals surface area (Å²) in [5.74, 6) is 2.52. The van der Waals surface area contributed by atoms with E-state index in [1.165, 1.54) is 27.9 Å². The number of rotatable bonds is 11. The minimum Gasteiger partial charge on any atom is -0.508 e. The van der Waals surface area contributed by atoms with Crippen molar-refractivity contribution >= 4 is 11.4 Å². The Morgan fingerprint density at radius 3 is 2.42 bits per heavy atom. The first-order valence-electron chi connectivity index (χ1n) is 14.3. The van der Waals surface area contributed by atoms with Gasteiger partial charge in [-0.1, -0.05) is 42.5 Å². The molecule has 5 nitrogen and oxygen atoms in total. The molecule has 0 heterocycles. The average molecular weight is 537 g/mol. The van der Waals surface area contributed by atoms with Crippen molar-refractivity contribution in [1.29, 1.82) is 0 Å². The van der Waals surface area contributed by atoms with Crippen LogP contribution in [0.15, 0.2) is 91.0 Å². The summed E-state index contributed by atoms with van der Waals surface area (Å²) in [6, 6.07) is 31.3. The van der Waals surface area contributed by atoms with Gasteiger partial charge in [0.1, 0.15) is 23.9 Å². The molecule has 0 saturated heterocycles. The Hall–Kier alpha value is -4.12. The number of fused-ring (bicyclic) bond motifs is 1. The minimum absolute atomic E-state index is 0.304. The lowest BCUT2D eigenvalue weighted by Crippen LogP contribution is -2.31. The van der Waals surface area contributed by atoms with Crippen LogP contribution >= 0.6 is 0 Å². The lowest BCUT2D eigenvalue weighted by atomic mass is 9.79. The smallest absolute Gasteiger partial charge is 0.120 e. The molecular formula is C35H40N2O3.